The summed E-state index contributed by atoms with van der Waals surface area (Å²) in [4.78, 5) is 15.1. The number of hydrogen-bond donors (Lipinski definition) is 0. The average molecular weight is 741 g/mol. The molecule has 3 aromatic heterocycles. The summed E-state index contributed by atoms with van der Waals surface area (Å²) in [6.45, 7) is 0. The van der Waals surface area contributed by atoms with E-state index in [1.165, 1.54) is 27.1 Å². The number of fused-ring (bicyclic) bond motifs is 10. The van der Waals surface area contributed by atoms with Crippen LogP contribution in [0.25, 0.3) is 116 Å². The summed E-state index contributed by atoms with van der Waals surface area (Å²) in [7, 11) is 0. The van der Waals surface area contributed by atoms with Gasteiger partial charge in [0.05, 0.1) is 22.0 Å². The molecule has 0 atom stereocenters. The second-order valence-electron chi connectivity index (χ2n) is 14.8. The van der Waals surface area contributed by atoms with Crippen LogP contribution in [0.4, 0.5) is 0 Å². The Morgan fingerprint density at radius 2 is 0.931 bits per heavy atom. The first-order valence-electron chi connectivity index (χ1n) is 19.5. The van der Waals surface area contributed by atoms with Gasteiger partial charge < -0.3 is 8.98 Å². The molecule has 0 spiro atoms. The number of para-hydroxylation sites is 2. The van der Waals surface area contributed by atoms with E-state index in [2.05, 4.69) is 132 Å². The van der Waals surface area contributed by atoms with Crippen molar-refractivity contribution in [1.82, 2.24) is 19.5 Å². The fourth-order valence-electron chi connectivity index (χ4n) is 8.78. The molecule has 9 aromatic carbocycles. The molecule has 5 heteroatoms. The first-order chi connectivity index (χ1) is 28.8. The van der Waals surface area contributed by atoms with Crippen LogP contribution in [0.2, 0.25) is 0 Å². The van der Waals surface area contributed by atoms with Crippen molar-refractivity contribution in [3.05, 3.63) is 194 Å². The van der Waals surface area contributed by atoms with Crippen molar-refractivity contribution in [3.8, 4) is 51.0 Å². The van der Waals surface area contributed by atoms with Gasteiger partial charge in [0.2, 0.25) is 0 Å². The van der Waals surface area contributed by atoms with Gasteiger partial charge in [-0.25, -0.2) is 15.0 Å². The van der Waals surface area contributed by atoms with Crippen molar-refractivity contribution in [2.75, 3.05) is 0 Å². The molecule has 0 unspecified atom stereocenters. The van der Waals surface area contributed by atoms with E-state index >= 15 is 0 Å². The first-order valence-corrected chi connectivity index (χ1v) is 19.5. The highest BCUT2D eigenvalue weighted by Gasteiger charge is 2.22. The number of rotatable bonds is 5. The van der Waals surface area contributed by atoms with Gasteiger partial charge in [-0.15, -0.1) is 0 Å². The monoisotopic (exact) mass is 740 g/mol. The molecule has 0 bridgehead atoms. The van der Waals surface area contributed by atoms with Gasteiger partial charge in [0, 0.05) is 33.0 Å². The Balaban J connectivity index is 1.12. The lowest BCUT2D eigenvalue weighted by Crippen LogP contribution is -2.00. The SMILES string of the molecule is c1ccc(-c2nc(-c3ccccc3)nc(-c3cccc4c3oc3c4ccc4c3c3ccc(-c5cc6ccccc6c6ccccc56)cc3n4-c3ccccc3)n2)cc1. The zero-order valence-electron chi connectivity index (χ0n) is 31.2. The lowest BCUT2D eigenvalue weighted by atomic mass is 9.93. The standard InChI is InChI=1S/C53H32N4O/c1-4-15-33(16-5-1)51-54-52(34-17-6-2-7-18-34)56-53(55-51)44-26-14-25-41-42-29-30-46-48(50(42)58-49(41)44)43-28-27-36(32-47(43)57(46)37-20-8-3-9-21-37)45-31-35-19-10-11-22-38(35)39-23-12-13-24-40(39)45/h1-32H. The molecule has 270 valence electrons. The Morgan fingerprint density at radius 1 is 0.345 bits per heavy atom. The topological polar surface area (TPSA) is 56.7 Å². The summed E-state index contributed by atoms with van der Waals surface area (Å²) in [5, 5.41) is 9.22. The zero-order valence-corrected chi connectivity index (χ0v) is 31.2. The Hall–Kier alpha value is -7.89. The highest BCUT2D eigenvalue weighted by atomic mass is 16.3. The summed E-state index contributed by atoms with van der Waals surface area (Å²) in [6.07, 6.45) is 0. The van der Waals surface area contributed by atoms with Crippen LogP contribution in [0.5, 0.6) is 0 Å². The lowest BCUT2D eigenvalue weighted by molar-refractivity contribution is 0.673. The van der Waals surface area contributed by atoms with E-state index < -0.39 is 0 Å². The summed E-state index contributed by atoms with van der Waals surface area (Å²) < 4.78 is 9.48. The third-order valence-electron chi connectivity index (χ3n) is 11.4. The third-order valence-corrected chi connectivity index (χ3v) is 11.4. The van der Waals surface area contributed by atoms with Crippen molar-refractivity contribution < 1.29 is 4.42 Å². The van der Waals surface area contributed by atoms with Crippen LogP contribution < -0.4 is 0 Å². The minimum Gasteiger partial charge on any atom is -0.455 e. The van der Waals surface area contributed by atoms with Crippen LogP contribution >= 0.6 is 0 Å². The second-order valence-corrected chi connectivity index (χ2v) is 14.8. The van der Waals surface area contributed by atoms with E-state index in [9.17, 15) is 0 Å². The van der Waals surface area contributed by atoms with Gasteiger partial charge in [-0.1, -0.05) is 152 Å². The van der Waals surface area contributed by atoms with Crippen molar-refractivity contribution in [3.63, 3.8) is 0 Å². The van der Waals surface area contributed by atoms with E-state index in [4.69, 9.17) is 19.4 Å². The zero-order chi connectivity index (χ0) is 38.2. The molecule has 3 heterocycles. The van der Waals surface area contributed by atoms with Crippen LogP contribution in [0.1, 0.15) is 0 Å². The van der Waals surface area contributed by atoms with Gasteiger partial charge in [-0.05, 0) is 75.1 Å². The molecule has 12 rings (SSSR count). The van der Waals surface area contributed by atoms with Crippen LogP contribution in [0, 0.1) is 0 Å². The molecular formula is C53H32N4O. The summed E-state index contributed by atoms with van der Waals surface area (Å²) >= 11 is 0. The fraction of sp³-hybridized carbons (Fsp3) is 0. The number of hydrogen-bond acceptors (Lipinski definition) is 4. The molecule has 0 fully saturated rings. The van der Waals surface area contributed by atoms with E-state index in [-0.39, 0.29) is 0 Å². The fourth-order valence-corrected chi connectivity index (χ4v) is 8.78. The summed E-state index contributed by atoms with van der Waals surface area (Å²) in [5.41, 5.74) is 9.89. The molecule has 0 N–H and O–H groups in total. The quantitative estimate of drug-likeness (QED) is 0.165. The van der Waals surface area contributed by atoms with E-state index in [1.807, 2.05) is 66.7 Å². The van der Waals surface area contributed by atoms with Gasteiger partial charge in [-0.2, -0.15) is 0 Å². The predicted octanol–water partition coefficient (Wildman–Crippen LogP) is 13.8. The molecule has 0 aliphatic rings. The molecule has 58 heavy (non-hydrogen) atoms. The van der Waals surface area contributed by atoms with Crippen LogP contribution in [0.15, 0.2) is 199 Å². The maximum Gasteiger partial charge on any atom is 0.167 e. The minimum atomic E-state index is 0.563. The minimum absolute atomic E-state index is 0.563. The van der Waals surface area contributed by atoms with Gasteiger partial charge in [-0.3, -0.25) is 0 Å². The number of aromatic nitrogens is 4. The lowest BCUT2D eigenvalue weighted by Gasteiger charge is -2.12. The number of nitrogens with zero attached hydrogens (tertiary/aromatic N) is 4. The van der Waals surface area contributed by atoms with Crippen molar-refractivity contribution >= 4 is 65.3 Å². The van der Waals surface area contributed by atoms with E-state index in [0.29, 0.717) is 17.5 Å². The van der Waals surface area contributed by atoms with Crippen LogP contribution in [0.3, 0.4) is 0 Å². The van der Waals surface area contributed by atoms with Gasteiger partial charge >= 0.3 is 0 Å². The third kappa shape index (κ3) is 5.00. The predicted molar refractivity (Wildman–Crippen MR) is 238 cm³/mol. The molecule has 5 nitrogen and oxygen atoms in total. The molecule has 0 aliphatic carbocycles. The largest absolute Gasteiger partial charge is 0.455 e. The van der Waals surface area contributed by atoms with Gasteiger partial charge in [0.15, 0.2) is 17.5 Å². The Kier molecular flexibility index (Phi) is 7.16. The number of furan rings is 1. The molecule has 0 aliphatic heterocycles. The van der Waals surface area contributed by atoms with Crippen molar-refractivity contribution in [2.45, 2.75) is 0 Å². The second kappa shape index (κ2) is 12.8. The maximum atomic E-state index is 7.11. The van der Waals surface area contributed by atoms with Crippen LogP contribution in [-0.2, 0) is 0 Å². The van der Waals surface area contributed by atoms with E-state index in [1.54, 1.807) is 0 Å². The molecule has 0 saturated carbocycles. The summed E-state index contributed by atoms with van der Waals surface area (Å²) in [5.74, 6) is 1.79. The highest BCUT2D eigenvalue weighted by molar-refractivity contribution is 6.25. The van der Waals surface area contributed by atoms with Crippen molar-refractivity contribution in [1.29, 1.82) is 0 Å². The molecular weight excluding hydrogens is 709 g/mol. The molecule has 0 radical (unpaired) electrons. The molecule has 0 amide bonds. The Bertz CT molecular complexity index is 3500. The Labute approximate surface area is 333 Å². The van der Waals surface area contributed by atoms with E-state index in [0.717, 1.165) is 71.7 Å². The highest BCUT2D eigenvalue weighted by Crippen LogP contribution is 2.44. The maximum absolute atomic E-state index is 7.11. The molecule has 12 aromatic rings. The smallest absolute Gasteiger partial charge is 0.167 e. The first kappa shape index (κ1) is 32.4. The normalized spacial score (nSPS) is 11.8. The van der Waals surface area contributed by atoms with Crippen molar-refractivity contribution in [2.24, 2.45) is 0 Å². The summed E-state index contributed by atoms with van der Waals surface area (Å²) in [6, 6.07) is 68.0. The number of benzene rings is 9. The average Bonchev–Trinajstić information content (AvgIpc) is 3.85. The van der Waals surface area contributed by atoms with Crippen LogP contribution in [-0.4, -0.2) is 19.5 Å². The van der Waals surface area contributed by atoms with Gasteiger partial charge in [0.25, 0.3) is 0 Å². The van der Waals surface area contributed by atoms with Gasteiger partial charge in [0.1, 0.15) is 11.2 Å². The Morgan fingerprint density at radius 3 is 1.67 bits per heavy atom. The molecule has 0 saturated heterocycles.